The summed E-state index contributed by atoms with van der Waals surface area (Å²) in [5, 5.41) is 13.3. The molecule has 1 atom stereocenters. The van der Waals surface area contributed by atoms with Crippen LogP contribution in [0.1, 0.15) is 6.42 Å². The summed E-state index contributed by atoms with van der Waals surface area (Å²) >= 11 is 0. The smallest absolute Gasteiger partial charge is 0.328 e. The normalized spacial score (nSPS) is 18.6. The summed E-state index contributed by atoms with van der Waals surface area (Å²) in [7, 11) is 0. The third kappa shape index (κ3) is 2.17. The molecule has 1 unspecified atom stereocenters. The molecule has 16 heavy (non-hydrogen) atoms. The van der Waals surface area contributed by atoms with Gasteiger partial charge in [0, 0.05) is 12.1 Å². The van der Waals surface area contributed by atoms with Crippen molar-refractivity contribution in [2.75, 3.05) is 6.54 Å². The number of carbonyl (C=O) groups is 1. The SMILES string of the molecule is O=C(Oc1ccc([N+](=O)[O-])cc1)C1CCN1. The number of ether oxygens (including phenoxy) is 1. The number of carbonyl (C=O) groups excluding carboxylic acids is 1. The van der Waals surface area contributed by atoms with Gasteiger partial charge in [-0.2, -0.15) is 0 Å². The van der Waals surface area contributed by atoms with Crippen LogP contribution in [0.5, 0.6) is 5.75 Å². The van der Waals surface area contributed by atoms with Gasteiger partial charge in [0.2, 0.25) is 0 Å². The molecular formula is C10H10N2O4. The minimum absolute atomic E-state index is 0.0263. The number of nitro benzene ring substituents is 1. The Bertz CT molecular complexity index is 411. The molecule has 6 heteroatoms. The zero-order valence-electron chi connectivity index (χ0n) is 8.38. The predicted molar refractivity (Wildman–Crippen MR) is 55.1 cm³/mol. The Balaban J connectivity index is 1.99. The maximum absolute atomic E-state index is 11.4. The minimum atomic E-state index is -0.501. The van der Waals surface area contributed by atoms with Crippen molar-refractivity contribution in [3.63, 3.8) is 0 Å². The number of non-ortho nitro benzene ring substituents is 1. The Hall–Kier alpha value is -1.95. The van der Waals surface area contributed by atoms with Crippen LogP contribution >= 0.6 is 0 Å². The van der Waals surface area contributed by atoms with Gasteiger partial charge in [-0.15, -0.1) is 0 Å². The fourth-order valence-corrected chi connectivity index (χ4v) is 1.31. The molecule has 1 aromatic rings. The van der Waals surface area contributed by atoms with Crippen LogP contribution < -0.4 is 10.1 Å². The Morgan fingerprint density at radius 3 is 2.50 bits per heavy atom. The molecule has 1 aliphatic rings. The lowest BCUT2D eigenvalue weighted by Gasteiger charge is -2.25. The van der Waals surface area contributed by atoms with E-state index in [1.807, 2.05) is 0 Å². The quantitative estimate of drug-likeness (QED) is 0.355. The van der Waals surface area contributed by atoms with Crippen molar-refractivity contribution in [2.24, 2.45) is 0 Å². The van der Waals surface area contributed by atoms with Crippen LogP contribution in [0.2, 0.25) is 0 Å². The molecule has 0 radical (unpaired) electrons. The van der Waals surface area contributed by atoms with Crippen LogP contribution in [0.25, 0.3) is 0 Å². The lowest BCUT2D eigenvalue weighted by molar-refractivity contribution is -0.384. The van der Waals surface area contributed by atoms with Gasteiger partial charge in [-0.3, -0.25) is 10.1 Å². The van der Waals surface area contributed by atoms with Gasteiger partial charge >= 0.3 is 5.97 Å². The largest absolute Gasteiger partial charge is 0.425 e. The van der Waals surface area contributed by atoms with Crippen LogP contribution in [0.15, 0.2) is 24.3 Å². The molecule has 0 aliphatic carbocycles. The number of nitrogens with zero attached hydrogens (tertiary/aromatic N) is 1. The van der Waals surface area contributed by atoms with Crippen LogP contribution in [0, 0.1) is 10.1 Å². The molecule has 0 bridgehead atoms. The van der Waals surface area contributed by atoms with Gasteiger partial charge in [-0.1, -0.05) is 0 Å². The molecule has 2 rings (SSSR count). The molecule has 6 nitrogen and oxygen atoms in total. The summed E-state index contributed by atoms with van der Waals surface area (Å²) in [6, 6.07) is 5.19. The number of hydrogen-bond acceptors (Lipinski definition) is 5. The van der Waals surface area contributed by atoms with Crippen molar-refractivity contribution >= 4 is 11.7 Å². The minimum Gasteiger partial charge on any atom is -0.425 e. The fourth-order valence-electron chi connectivity index (χ4n) is 1.31. The fraction of sp³-hybridized carbons (Fsp3) is 0.300. The van der Waals surface area contributed by atoms with E-state index in [2.05, 4.69) is 5.32 Å². The Labute approximate surface area is 91.4 Å². The van der Waals surface area contributed by atoms with Crippen LogP contribution in [-0.4, -0.2) is 23.5 Å². The number of benzene rings is 1. The number of nitrogens with one attached hydrogen (secondary N) is 1. The molecule has 1 heterocycles. The second-order valence-electron chi connectivity index (χ2n) is 3.47. The van der Waals surface area contributed by atoms with Gasteiger partial charge in [0.05, 0.1) is 4.92 Å². The second-order valence-corrected chi connectivity index (χ2v) is 3.47. The number of hydrogen-bond donors (Lipinski definition) is 1. The van der Waals surface area contributed by atoms with Gasteiger partial charge in [-0.05, 0) is 25.1 Å². The highest BCUT2D eigenvalue weighted by molar-refractivity contribution is 5.79. The van der Waals surface area contributed by atoms with Gasteiger partial charge in [0.25, 0.3) is 5.69 Å². The van der Waals surface area contributed by atoms with Crippen molar-refractivity contribution < 1.29 is 14.5 Å². The summed E-state index contributed by atoms with van der Waals surface area (Å²) in [4.78, 5) is 21.3. The maximum Gasteiger partial charge on any atom is 0.328 e. The zero-order chi connectivity index (χ0) is 11.5. The molecule has 1 saturated heterocycles. The van der Waals surface area contributed by atoms with E-state index in [9.17, 15) is 14.9 Å². The van der Waals surface area contributed by atoms with E-state index in [1.54, 1.807) is 0 Å². The lowest BCUT2D eigenvalue weighted by Crippen LogP contribution is -2.50. The Morgan fingerprint density at radius 2 is 2.06 bits per heavy atom. The monoisotopic (exact) mass is 222 g/mol. The number of esters is 1. The average molecular weight is 222 g/mol. The van der Waals surface area contributed by atoms with Crippen LogP contribution in [0.4, 0.5) is 5.69 Å². The second kappa shape index (κ2) is 4.28. The van der Waals surface area contributed by atoms with E-state index >= 15 is 0 Å². The summed E-state index contributed by atoms with van der Waals surface area (Å²) < 4.78 is 5.03. The highest BCUT2D eigenvalue weighted by Crippen LogP contribution is 2.18. The van der Waals surface area contributed by atoms with E-state index in [0.717, 1.165) is 13.0 Å². The molecule has 84 valence electrons. The van der Waals surface area contributed by atoms with Gasteiger partial charge < -0.3 is 10.1 Å². The van der Waals surface area contributed by atoms with E-state index in [1.165, 1.54) is 24.3 Å². The highest BCUT2D eigenvalue weighted by Gasteiger charge is 2.26. The van der Waals surface area contributed by atoms with Crippen molar-refractivity contribution in [2.45, 2.75) is 12.5 Å². The highest BCUT2D eigenvalue weighted by atomic mass is 16.6. The molecule has 1 aromatic carbocycles. The van der Waals surface area contributed by atoms with Crippen LogP contribution in [-0.2, 0) is 4.79 Å². The topological polar surface area (TPSA) is 81.5 Å². The first-order valence-electron chi connectivity index (χ1n) is 4.86. The third-order valence-corrected chi connectivity index (χ3v) is 2.37. The molecule has 1 N–H and O–H groups in total. The Kier molecular flexibility index (Phi) is 2.82. The number of rotatable bonds is 3. The molecule has 1 fully saturated rings. The number of nitro groups is 1. The van der Waals surface area contributed by atoms with Crippen molar-refractivity contribution in [3.05, 3.63) is 34.4 Å². The summed E-state index contributed by atoms with van der Waals surface area (Å²) in [6.45, 7) is 0.819. The zero-order valence-corrected chi connectivity index (χ0v) is 8.38. The average Bonchev–Trinajstić information content (AvgIpc) is 2.15. The first-order chi connectivity index (χ1) is 7.66. The first kappa shape index (κ1) is 10.6. The molecule has 0 amide bonds. The van der Waals surface area contributed by atoms with Crippen molar-refractivity contribution in [3.8, 4) is 5.75 Å². The van der Waals surface area contributed by atoms with E-state index in [-0.39, 0.29) is 17.7 Å². The van der Waals surface area contributed by atoms with E-state index in [0.29, 0.717) is 5.75 Å². The summed E-state index contributed by atoms with van der Waals surface area (Å²) in [5.74, 6) is -0.0237. The standard InChI is InChI=1S/C10H10N2O4/c13-10(9-5-6-11-9)16-8-3-1-7(2-4-8)12(14)15/h1-4,9,11H,5-6H2. The van der Waals surface area contributed by atoms with Crippen molar-refractivity contribution in [1.29, 1.82) is 0 Å². The van der Waals surface area contributed by atoms with E-state index in [4.69, 9.17) is 4.74 Å². The Morgan fingerprint density at radius 1 is 1.44 bits per heavy atom. The van der Waals surface area contributed by atoms with Crippen molar-refractivity contribution in [1.82, 2.24) is 5.32 Å². The third-order valence-electron chi connectivity index (χ3n) is 2.37. The van der Waals surface area contributed by atoms with Crippen LogP contribution in [0.3, 0.4) is 0 Å². The summed E-state index contributed by atoms with van der Waals surface area (Å²) in [6.07, 6.45) is 0.770. The maximum atomic E-state index is 11.4. The van der Waals surface area contributed by atoms with E-state index < -0.39 is 4.92 Å². The molecule has 0 aromatic heterocycles. The summed E-state index contributed by atoms with van der Waals surface area (Å²) in [5.41, 5.74) is -0.0263. The van der Waals surface area contributed by atoms with Gasteiger partial charge in [0.15, 0.2) is 0 Å². The van der Waals surface area contributed by atoms with Gasteiger partial charge in [-0.25, -0.2) is 4.79 Å². The first-order valence-corrected chi connectivity index (χ1v) is 4.86. The molecule has 0 saturated carbocycles. The molecular weight excluding hydrogens is 212 g/mol. The van der Waals surface area contributed by atoms with Gasteiger partial charge in [0.1, 0.15) is 11.8 Å². The lowest BCUT2D eigenvalue weighted by atomic mass is 10.1. The molecule has 1 aliphatic heterocycles. The predicted octanol–water partition coefficient (Wildman–Crippen LogP) is 0.862. The molecule has 0 spiro atoms.